The monoisotopic (exact) mass is 148 g/mol. The largest absolute Gasteiger partial charge is 0.380 e. The molecular formula is C5H12N2OS. The Kier molecular flexibility index (Phi) is 3.35. The highest BCUT2D eigenvalue weighted by molar-refractivity contribution is 7.98. The first-order chi connectivity index (χ1) is 4.43. The highest BCUT2D eigenvalue weighted by Gasteiger charge is 2.14. The first-order valence-electron chi connectivity index (χ1n) is 3.08. The second kappa shape index (κ2) is 4.11. The van der Waals surface area contributed by atoms with Gasteiger partial charge in [-0.25, -0.2) is 4.83 Å². The van der Waals surface area contributed by atoms with Crippen LogP contribution in [0.25, 0.3) is 0 Å². The summed E-state index contributed by atoms with van der Waals surface area (Å²) in [5, 5.41) is 0.637. The standard InChI is InChI=1S/C5H12N2OS/c1-6-7-9-5-2-3-8-4-5/h5-7H,2-4H2,1H3. The minimum Gasteiger partial charge on any atom is -0.380 e. The van der Waals surface area contributed by atoms with E-state index in [9.17, 15) is 0 Å². The number of ether oxygens (including phenoxy) is 1. The molecule has 0 bridgehead atoms. The minimum absolute atomic E-state index is 0.637. The van der Waals surface area contributed by atoms with Crippen LogP contribution in [0.4, 0.5) is 0 Å². The summed E-state index contributed by atoms with van der Waals surface area (Å²) in [6.45, 7) is 1.81. The van der Waals surface area contributed by atoms with Gasteiger partial charge in [-0.3, -0.25) is 5.43 Å². The van der Waals surface area contributed by atoms with Crippen LogP contribution in [0.3, 0.4) is 0 Å². The van der Waals surface area contributed by atoms with Crippen LogP contribution in [0.2, 0.25) is 0 Å². The van der Waals surface area contributed by atoms with Crippen LogP contribution >= 0.6 is 11.9 Å². The van der Waals surface area contributed by atoms with Crippen LogP contribution < -0.4 is 10.3 Å². The topological polar surface area (TPSA) is 33.3 Å². The molecule has 4 heteroatoms. The first-order valence-corrected chi connectivity index (χ1v) is 3.96. The van der Waals surface area contributed by atoms with Crippen molar-refractivity contribution in [3.63, 3.8) is 0 Å². The van der Waals surface area contributed by atoms with Gasteiger partial charge in [0.1, 0.15) is 0 Å². The molecule has 1 rings (SSSR count). The predicted octanol–water partition coefficient (Wildman–Crippen LogP) is 0.147. The Balaban J connectivity index is 1.98. The van der Waals surface area contributed by atoms with Crippen LogP contribution in [0, 0.1) is 0 Å². The van der Waals surface area contributed by atoms with Crippen LogP contribution in [0.15, 0.2) is 0 Å². The maximum atomic E-state index is 5.17. The maximum absolute atomic E-state index is 5.17. The molecule has 1 aliphatic rings. The molecule has 1 aliphatic heterocycles. The van der Waals surface area contributed by atoms with Crippen LogP contribution in [0.1, 0.15) is 6.42 Å². The molecule has 1 fully saturated rings. The molecule has 0 amide bonds. The average molecular weight is 148 g/mol. The lowest BCUT2D eigenvalue weighted by Gasteiger charge is -2.05. The quantitative estimate of drug-likeness (QED) is 0.441. The second-order valence-electron chi connectivity index (χ2n) is 1.96. The van der Waals surface area contributed by atoms with Gasteiger partial charge in [0.05, 0.1) is 6.61 Å². The van der Waals surface area contributed by atoms with Crippen molar-refractivity contribution in [1.29, 1.82) is 0 Å². The Hall–Kier alpha value is 0.230. The molecule has 0 saturated carbocycles. The summed E-state index contributed by atoms with van der Waals surface area (Å²) in [7, 11) is 1.86. The van der Waals surface area contributed by atoms with Crippen molar-refractivity contribution >= 4 is 11.9 Å². The van der Waals surface area contributed by atoms with Gasteiger partial charge in [0.2, 0.25) is 0 Å². The molecule has 1 saturated heterocycles. The third kappa shape index (κ3) is 2.53. The molecule has 1 atom stereocenters. The molecule has 0 radical (unpaired) electrons. The fourth-order valence-corrected chi connectivity index (χ4v) is 1.41. The lowest BCUT2D eigenvalue weighted by molar-refractivity contribution is 0.199. The van der Waals surface area contributed by atoms with E-state index in [-0.39, 0.29) is 0 Å². The van der Waals surface area contributed by atoms with E-state index in [4.69, 9.17) is 4.74 Å². The molecule has 1 heterocycles. The normalized spacial score (nSPS) is 27.0. The number of rotatable bonds is 3. The average Bonchev–Trinajstić information content (AvgIpc) is 2.34. The third-order valence-corrected chi connectivity index (χ3v) is 2.24. The predicted molar refractivity (Wildman–Crippen MR) is 39.0 cm³/mol. The van der Waals surface area contributed by atoms with E-state index in [0.29, 0.717) is 5.25 Å². The smallest absolute Gasteiger partial charge is 0.0599 e. The Morgan fingerprint density at radius 1 is 1.67 bits per heavy atom. The van der Waals surface area contributed by atoms with Gasteiger partial charge in [-0.15, -0.1) is 0 Å². The first kappa shape index (κ1) is 7.34. The molecule has 54 valence electrons. The Bertz CT molecular complexity index is 75.4. The Morgan fingerprint density at radius 3 is 3.11 bits per heavy atom. The fraction of sp³-hybridized carbons (Fsp3) is 1.00. The van der Waals surface area contributed by atoms with Gasteiger partial charge in [-0.05, 0) is 13.5 Å². The zero-order chi connectivity index (χ0) is 6.53. The molecule has 1 unspecified atom stereocenters. The van der Waals surface area contributed by atoms with Crippen LogP contribution in [-0.4, -0.2) is 25.5 Å². The van der Waals surface area contributed by atoms with E-state index in [2.05, 4.69) is 10.3 Å². The van der Waals surface area contributed by atoms with Crippen molar-refractivity contribution in [3.8, 4) is 0 Å². The summed E-state index contributed by atoms with van der Waals surface area (Å²) < 4.78 is 5.17. The number of nitrogens with one attached hydrogen (secondary N) is 2. The van der Waals surface area contributed by atoms with Crippen LogP contribution in [-0.2, 0) is 4.74 Å². The maximum Gasteiger partial charge on any atom is 0.0599 e. The van der Waals surface area contributed by atoms with Crippen molar-refractivity contribution in [3.05, 3.63) is 0 Å². The van der Waals surface area contributed by atoms with Gasteiger partial charge in [0.25, 0.3) is 0 Å². The molecule has 0 aliphatic carbocycles. The zero-order valence-corrected chi connectivity index (χ0v) is 6.33. The summed E-state index contributed by atoms with van der Waals surface area (Å²) in [6.07, 6.45) is 1.17. The SMILES string of the molecule is CNNSC1CCOC1. The van der Waals surface area contributed by atoms with Crippen molar-refractivity contribution in [2.45, 2.75) is 11.7 Å². The van der Waals surface area contributed by atoms with Gasteiger partial charge < -0.3 is 4.74 Å². The van der Waals surface area contributed by atoms with E-state index in [1.807, 2.05) is 7.05 Å². The van der Waals surface area contributed by atoms with E-state index in [1.165, 1.54) is 6.42 Å². The molecule has 2 N–H and O–H groups in total. The van der Waals surface area contributed by atoms with Crippen LogP contribution in [0.5, 0.6) is 0 Å². The van der Waals surface area contributed by atoms with E-state index >= 15 is 0 Å². The fourth-order valence-electron chi connectivity index (χ4n) is 0.748. The van der Waals surface area contributed by atoms with Gasteiger partial charge >= 0.3 is 0 Å². The summed E-state index contributed by atoms with van der Waals surface area (Å²) >= 11 is 1.70. The zero-order valence-electron chi connectivity index (χ0n) is 5.52. The highest BCUT2D eigenvalue weighted by atomic mass is 32.2. The number of hydrogen-bond donors (Lipinski definition) is 2. The van der Waals surface area contributed by atoms with Crippen molar-refractivity contribution < 1.29 is 4.74 Å². The highest BCUT2D eigenvalue weighted by Crippen LogP contribution is 2.15. The van der Waals surface area contributed by atoms with E-state index in [0.717, 1.165) is 13.2 Å². The molecule has 0 aromatic rings. The third-order valence-electron chi connectivity index (χ3n) is 1.22. The number of hydrazine groups is 1. The Labute approximate surface area is 59.6 Å². The van der Waals surface area contributed by atoms with E-state index < -0.39 is 0 Å². The summed E-state index contributed by atoms with van der Waals surface area (Å²) in [6, 6.07) is 0. The van der Waals surface area contributed by atoms with Crippen molar-refractivity contribution in [1.82, 2.24) is 10.3 Å². The summed E-state index contributed by atoms with van der Waals surface area (Å²) in [4.78, 5) is 2.98. The van der Waals surface area contributed by atoms with Crippen molar-refractivity contribution in [2.24, 2.45) is 0 Å². The van der Waals surface area contributed by atoms with Gasteiger partial charge in [0, 0.05) is 11.9 Å². The molecular weight excluding hydrogens is 136 g/mol. The molecule has 0 spiro atoms. The second-order valence-corrected chi connectivity index (χ2v) is 3.06. The molecule has 9 heavy (non-hydrogen) atoms. The number of hydrogen-bond acceptors (Lipinski definition) is 4. The van der Waals surface area contributed by atoms with E-state index in [1.54, 1.807) is 11.9 Å². The molecule has 3 nitrogen and oxygen atoms in total. The van der Waals surface area contributed by atoms with Gasteiger partial charge in [-0.1, -0.05) is 11.9 Å². The lowest BCUT2D eigenvalue weighted by Crippen LogP contribution is -2.23. The molecule has 0 aromatic carbocycles. The van der Waals surface area contributed by atoms with Gasteiger partial charge in [0.15, 0.2) is 0 Å². The minimum atomic E-state index is 0.637. The lowest BCUT2D eigenvalue weighted by atomic mass is 10.4. The summed E-state index contributed by atoms with van der Waals surface area (Å²) in [5.41, 5.74) is 2.85. The van der Waals surface area contributed by atoms with Crippen molar-refractivity contribution in [2.75, 3.05) is 20.3 Å². The molecule has 0 aromatic heterocycles. The summed E-state index contributed by atoms with van der Waals surface area (Å²) in [5.74, 6) is 0. The Morgan fingerprint density at radius 2 is 2.56 bits per heavy atom. The van der Waals surface area contributed by atoms with Gasteiger partial charge in [-0.2, -0.15) is 0 Å².